The lowest BCUT2D eigenvalue weighted by atomic mass is 9.92. The molecule has 0 aliphatic heterocycles. The molecular formula is C31H24N2O7S2. The number of phenols is 1. The van der Waals surface area contributed by atoms with Gasteiger partial charge in [-0.3, -0.25) is 4.72 Å². The number of aromatic hydroxyl groups is 1. The zero-order valence-corrected chi connectivity index (χ0v) is 23.4. The molecule has 0 fully saturated rings. The highest BCUT2D eigenvalue weighted by Crippen LogP contribution is 2.46. The fourth-order valence-electron chi connectivity index (χ4n) is 4.53. The molecule has 0 heterocycles. The van der Waals surface area contributed by atoms with Gasteiger partial charge in [0, 0.05) is 11.1 Å². The molecule has 0 radical (unpaired) electrons. The van der Waals surface area contributed by atoms with Crippen LogP contribution in [-0.4, -0.2) is 33.0 Å². The molecule has 0 saturated carbocycles. The van der Waals surface area contributed by atoms with Crippen molar-refractivity contribution in [2.45, 2.75) is 9.79 Å². The normalized spacial score (nSPS) is 11.6. The summed E-state index contributed by atoms with van der Waals surface area (Å²) in [7, 11) is -8.11. The third-order valence-electron chi connectivity index (χ3n) is 6.59. The Balaban J connectivity index is 1.62. The van der Waals surface area contributed by atoms with Gasteiger partial charge in [0.2, 0.25) is 10.0 Å². The second-order valence-electron chi connectivity index (χ2n) is 9.31. The fraction of sp³-hybridized carbons (Fsp3) is 0. The second kappa shape index (κ2) is 11.1. The number of anilines is 1. The molecule has 0 saturated heterocycles. The summed E-state index contributed by atoms with van der Waals surface area (Å²) in [6.45, 7) is 0. The molecule has 5 rings (SSSR count). The Labute approximate surface area is 242 Å². The summed E-state index contributed by atoms with van der Waals surface area (Å²) in [5.74, 6) is -1.95. The summed E-state index contributed by atoms with van der Waals surface area (Å²) < 4.78 is 53.1. The second-order valence-corrected chi connectivity index (χ2v) is 12.6. The smallest absolute Gasteiger partial charge is 0.339 e. The maximum atomic E-state index is 13.7. The van der Waals surface area contributed by atoms with Gasteiger partial charge in [-0.2, -0.15) is 0 Å². The van der Waals surface area contributed by atoms with E-state index in [1.165, 1.54) is 30.3 Å². The molecule has 9 nitrogen and oxygen atoms in total. The Bertz CT molecular complexity index is 1990. The van der Waals surface area contributed by atoms with Crippen LogP contribution >= 0.6 is 0 Å². The van der Waals surface area contributed by atoms with E-state index in [4.69, 9.17) is 5.14 Å². The Kier molecular flexibility index (Phi) is 7.57. The number of aromatic carboxylic acids is 1. The van der Waals surface area contributed by atoms with Crippen LogP contribution in [0.25, 0.3) is 33.4 Å². The van der Waals surface area contributed by atoms with Gasteiger partial charge in [0.1, 0.15) is 11.3 Å². The van der Waals surface area contributed by atoms with Crippen molar-refractivity contribution < 1.29 is 31.8 Å². The molecule has 5 aromatic carbocycles. The first-order valence-electron chi connectivity index (χ1n) is 12.5. The lowest BCUT2D eigenvalue weighted by Gasteiger charge is -2.20. The van der Waals surface area contributed by atoms with E-state index >= 15 is 0 Å². The van der Waals surface area contributed by atoms with E-state index in [2.05, 4.69) is 4.72 Å². The first-order chi connectivity index (χ1) is 20.0. The van der Waals surface area contributed by atoms with Crippen LogP contribution in [0.1, 0.15) is 10.4 Å². The van der Waals surface area contributed by atoms with Crippen LogP contribution in [-0.2, 0) is 20.0 Å². The average molecular weight is 601 g/mol. The van der Waals surface area contributed by atoms with Gasteiger partial charge in [0.25, 0.3) is 10.0 Å². The monoisotopic (exact) mass is 600 g/mol. The number of carboxylic acid groups (broad SMARTS) is 1. The molecule has 0 amide bonds. The van der Waals surface area contributed by atoms with Crippen molar-refractivity contribution >= 4 is 31.7 Å². The number of benzene rings is 5. The summed E-state index contributed by atoms with van der Waals surface area (Å²) in [6.07, 6.45) is 0. The summed E-state index contributed by atoms with van der Waals surface area (Å²) in [5, 5.41) is 26.1. The number of rotatable bonds is 8. The number of sulfonamides is 2. The van der Waals surface area contributed by atoms with Gasteiger partial charge in [-0.05, 0) is 52.6 Å². The maximum absolute atomic E-state index is 13.7. The van der Waals surface area contributed by atoms with Crippen molar-refractivity contribution in [1.29, 1.82) is 0 Å². The van der Waals surface area contributed by atoms with E-state index in [-0.39, 0.29) is 32.2 Å². The highest BCUT2D eigenvalue weighted by Gasteiger charge is 2.27. The standard InChI is InChI=1S/C31H24N2O7S2/c32-41(37,38)24-15-11-20(12-16-24)21-13-17-25(18-14-21)42(39,40)33-29-26(22-7-3-1-4-8-22)19-27(31(35)36)30(34)28(29)23-9-5-2-6-10-23/h1-19,33-34H,(H,35,36)(H2,32,37,38). The molecule has 0 aliphatic carbocycles. The highest BCUT2D eigenvalue weighted by atomic mass is 32.2. The molecule has 42 heavy (non-hydrogen) atoms. The third-order valence-corrected chi connectivity index (χ3v) is 8.89. The molecule has 0 atom stereocenters. The molecule has 0 bridgehead atoms. The number of hydrogen-bond acceptors (Lipinski definition) is 6. The molecule has 212 valence electrons. The van der Waals surface area contributed by atoms with E-state index in [1.807, 2.05) is 0 Å². The van der Waals surface area contributed by atoms with Gasteiger partial charge in [0.05, 0.1) is 15.5 Å². The highest BCUT2D eigenvalue weighted by molar-refractivity contribution is 7.92. The average Bonchev–Trinajstić information content (AvgIpc) is 2.97. The summed E-state index contributed by atoms with van der Waals surface area (Å²) in [5.41, 5.74) is 2.13. The minimum Gasteiger partial charge on any atom is -0.506 e. The Morgan fingerprint density at radius 1 is 0.643 bits per heavy atom. The third kappa shape index (κ3) is 5.75. The predicted molar refractivity (Wildman–Crippen MR) is 160 cm³/mol. The van der Waals surface area contributed by atoms with Crippen molar-refractivity contribution in [3.05, 3.63) is 121 Å². The molecule has 5 N–H and O–H groups in total. The number of carbonyl (C=O) groups is 1. The van der Waals surface area contributed by atoms with E-state index in [1.54, 1.807) is 84.9 Å². The van der Waals surface area contributed by atoms with Crippen molar-refractivity contribution in [2.24, 2.45) is 5.14 Å². The SMILES string of the molecule is NS(=O)(=O)c1ccc(-c2ccc(S(=O)(=O)Nc3c(-c4ccccc4)cc(C(=O)O)c(O)c3-c3ccccc3)cc2)cc1. The Morgan fingerprint density at radius 3 is 1.60 bits per heavy atom. The largest absolute Gasteiger partial charge is 0.506 e. The lowest BCUT2D eigenvalue weighted by Crippen LogP contribution is -2.15. The minimum atomic E-state index is -4.25. The van der Waals surface area contributed by atoms with Crippen molar-refractivity contribution in [1.82, 2.24) is 0 Å². The van der Waals surface area contributed by atoms with Crippen LogP contribution in [0.15, 0.2) is 125 Å². The van der Waals surface area contributed by atoms with Crippen LogP contribution in [0.4, 0.5) is 5.69 Å². The summed E-state index contributed by atoms with van der Waals surface area (Å²) >= 11 is 0. The molecular weight excluding hydrogens is 576 g/mol. The number of hydrogen-bond donors (Lipinski definition) is 4. The lowest BCUT2D eigenvalue weighted by molar-refractivity contribution is 0.0694. The Hall–Kier alpha value is -4.97. The van der Waals surface area contributed by atoms with E-state index < -0.39 is 31.8 Å². The number of nitrogens with two attached hydrogens (primary N) is 1. The molecule has 0 aromatic heterocycles. The van der Waals surface area contributed by atoms with E-state index in [9.17, 15) is 31.8 Å². The topological polar surface area (TPSA) is 164 Å². The van der Waals surface area contributed by atoms with Crippen LogP contribution in [0.5, 0.6) is 5.75 Å². The maximum Gasteiger partial charge on any atom is 0.339 e. The van der Waals surface area contributed by atoms with Crippen molar-refractivity contribution in [3.63, 3.8) is 0 Å². The summed E-state index contributed by atoms with van der Waals surface area (Å²) in [6, 6.07) is 30.1. The number of nitrogens with one attached hydrogen (secondary N) is 1. The Morgan fingerprint density at radius 2 is 1.12 bits per heavy atom. The van der Waals surface area contributed by atoms with Gasteiger partial charge in [-0.25, -0.2) is 26.8 Å². The van der Waals surface area contributed by atoms with Crippen LogP contribution < -0.4 is 9.86 Å². The van der Waals surface area contributed by atoms with Crippen LogP contribution in [0.3, 0.4) is 0 Å². The first kappa shape index (κ1) is 28.6. The van der Waals surface area contributed by atoms with Crippen molar-refractivity contribution in [3.8, 4) is 39.1 Å². The number of carboxylic acids is 1. The van der Waals surface area contributed by atoms with Crippen LogP contribution in [0, 0.1) is 0 Å². The molecule has 0 spiro atoms. The molecule has 5 aromatic rings. The van der Waals surface area contributed by atoms with Gasteiger partial charge in [0.15, 0.2) is 0 Å². The van der Waals surface area contributed by atoms with E-state index in [0.717, 1.165) is 0 Å². The van der Waals surface area contributed by atoms with Crippen molar-refractivity contribution in [2.75, 3.05) is 4.72 Å². The van der Waals surface area contributed by atoms with Crippen LogP contribution in [0.2, 0.25) is 0 Å². The zero-order chi connectivity index (χ0) is 30.1. The fourth-order valence-corrected chi connectivity index (χ4v) is 6.14. The van der Waals surface area contributed by atoms with Gasteiger partial charge in [-0.1, -0.05) is 84.9 Å². The van der Waals surface area contributed by atoms with Gasteiger partial charge < -0.3 is 10.2 Å². The van der Waals surface area contributed by atoms with Gasteiger partial charge >= 0.3 is 5.97 Å². The zero-order valence-electron chi connectivity index (χ0n) is 21.8. The quantitative estimate of drug-likeness (QED) is 0.182. The minimum absolute atomic E-state index is 0.0116. The molecule has 0 aliphatic rings. The number of primary sulfonamides is 1. The predicted octanol–water partition coefficient (Wildman–Crippen LogP) is 5.54. The molecule has 11 heteroatoms. The first-order valence-corrected chi connectivity index (χ1v) is 15.5. The summed E-state index contributed by atoms with van der Waals surface area (Å²) in [4.78, 5) is 12.0. The molecule has 0 unspecified atom stereocenters. The van der Waals surface area contributed by atoms with Gasteiger partial charge in [-0.15, -0.1) is 0 Å². The van der Waals surface area contributed by atoms with E-state index in [0.29, 0.717) is 22.3 Å².